The van der Waals surface area contributed by atoms with Gasteiger partial charge < -0.3 is 65.5 Å². The average Bonchev–Trinajstić information content (AvgIpc) is 2.94. The molecular formula is C26H50N4O12. The Balaban J connectivity index is 3.20. The number of hydrogen-bond donors (Lipinski definition) is 6. The fourth-order valence-corrected chi connectivity index (χ4v) is 2.91. The molecule has 0 heterocycles. The number of carbonyl (C=O) groups excluding carboxylic acids is 1. The van der Waals surface area contributed by atoms with E-state index in [9.17, 15) is 14.4 Å². The molecule has 0 saturated heterocycles. The summed E-state index contributed by atoms with van der Waals surface area (Å²) in [5.74, 6) is -2.19. The highest BCUT2D eigenvalue weighted by Gasteiger charge is 2.11. The predicted octanol–water partition coefficient (Wildman–Crippen LogP) is -1.33. The van der Waals surface area contributed by atoms with Crippen molar-refractivity contribution in [2.75, 3.05) is 106 Å². The highest BCUT2D eigenvalue weighted by molar-refractivity contribution is 5.76. The Morgan fingerprint density at radius 3 is 1.45 bits per heavy atom. The Bertz CT molecular complexity index is 715. The van der Waals surface area contributed by atoms with Gasteiger partial charge in [-0.1, -0.05) is 0 Å². The van der Waals surface area contributed by atoms with Crippen LogP contribution in [0.2, 0.25) is 0 Å². The van der Waals surface area contributed by atoms with Crippen LogP contribution in [0.25, 0.3) is 0 Å². The largest absolute Gasteiger partial charge is 0.481 e. The molecule has 0 bridgehead atoms. The van der Waals surface area contributed by atoms with E-state index in [1.54, 1.807) is 0 Å². The molecule has 16 heteroatoms. The topological polar surface area (TPSA) is 232 Å². The summed E-state index contributed by atoms with van der Waals surface area (Å²) in [7, 11) is 0. The van der Waals surface area contributed by atoms with Crippen LogP contribution in [0.15, 0.2) is 11.9 Å². The summed E-state index contributed by atoms with van der Waals surface area (Å²) >= 11 is 0. The average molecular weight is 611 g/mol. The van der Waals surface area contributed by atoms with Gasteiger partial charge in [-0.25, -0.2) is 0 Å². The van der Waals surface area contributed by atoms with Crippen LogP contribution >= 0.6 is 0 Å². The molecule has 42 heavy (non-hydrogen) atoms. The third-order valence-electron chi connectivity index (χ3n) is 5.05. The monoisotopic (exact) mass is 610 g/mol. The van der Waals surface area contributed by atoms with E-state index in [2.05, 4.69) is 10.6 Å². The number of nitrogens with one attached hydrogen (secondary N) is 2. The molecule has 0 fully saturated rings. The molecule has 0 rings (SSSR count). The Labute approximate surface area is 247 Å². The molecule has 0 unspecified atom stereocenters. The van der Waals surface area contributed by atoms with Crippen LogP contribution in [0.5, 0.6) is 0 Å². The number of amides is 1. The smallest absolute Gasteiger partial charge is 0.320 e. The van der Waals surface area contributed by atoms with Crippen molar-refractivity contribution in [1.29, 1.82) is 0 Å². The molecular weight excluding hydrogens is 560 g/mol. The van der Waals surface area contributed by atoms with Crippen LogP contribution in [-0.2, 0) is 47.5 Å². The third kappa shape index (κ3) is 30.4. The summed E-state index contributed by atoms with van der Waals surface area (Å²) in [5, 5.41) is 22.8. The second-order valence-corrected chi connectivity index (χ2v) is 8.71. The number of ether oxygens (including phenoxy) is 7. The number of hydrogen-bond acceptors (Lipinski definition) is 13. The second-order valence-electron chi connectivity index (χ2n) is 8.71. The van der Waals surface area contributed by atoms with E-state index in [-0.39, 0.29) is 25.2 Å². The van der Waals surface area contributed by atoms with Crippen molar-refractivity contribution in [2.45, 2.75) is 31.7 Å². The molecule has 1 atom stereocenters. The molecule has 16 nitrogen and oxygen atoms in total. The van der Waals surface area contributed by atoms with Gasteiger partial charge in [-0.05, 0) is 6.42 Å². The molecule has 0 aliphatic heterocycles. The molecule has 246 valence electrons. The van der Waals surface area contributed by atoms with Crippen LogP contribution in [0, 0.1) is 0 Å². The number of aliphatic carboxylic acids is 2. The number of carboxylic acids is 2. The minimum Gasteiger partial charge on any atom is -0.481 e. The zero-order valence-electron chi connectivity index (χ0n) is 24.4. The highest BCUT2D eigenvalue weighted by Crippen LogP contribution is 1.96. The first-order valence-corrected chi connectivity index (χ1v) is 14.0. The maximum atomic E-state index is 11.5. The van der Waals surface area contributed by atoms with Gasteiger partial charge >= 0.3 is 11.9 Å². The lowest BCUT2D eigenvalue weighted by molar-refractivity contribution is -0.139. The minimum atomic E-state index is -1.09. The number of carbonyl (C=O) groups is 3. The first-order chi connectivity index (χ1) is 20.3. The van der Waals surface area contributed by atoms with Crippen molar-refractivity contribution in [3.8, 4) is 0 Å². The zero-order valence-corrected chi connectivity index (χ0v) is 24.4. The standard InChI is InChI=1S/C26H50N4O12/c27-22(20-23(28)26(34)35)21-29-4-6-36-8-10-38-12-14-40-16-18-42-19-17-41-15-13-39-11-9-37-7-5-30-24(31)2-1-3-25(32)33/h21,23,29H,1-20,27-28H2,(H,30,31)(H,32,33)(H,34,35)/b22-21-/t23-/m0/s1. The quantitative estimate of drug-likeness (QED) is 0.0484. The van der Waals surface area contributed by atoms with E-state index < -0.39 is 18.0 Å². The maximum absolute atomic E-state index is 11.5. The number of rotatable bonds is 32. The molecule has 8 N–H and O–H groups in total. The van der Waals surface area contributed by atoms with Crippen molar-refractivity contribution in [1.82, 2.24) is 10.6 Å². The molecule has 0 aliphatic rings. The summed E-state index contributed by atoms with van der Waals surface area (Å²) in [6.07, 6.45) is 2.10. The van der Waals surface area contributed by atoms with Gasteiger partial charge in [0.1, 0.15) is 6.04 Å². The Kier molecular flexibility index (Phi) is 28.1. The summed E-state index contributed by atoms with van der Waals surface area (Å²) in [4.78, 5) is 32.5. The van der Waals surface area contributed by atoms with Crippen LogP contribution < -0.4 is 22.1 Å². The molecule has 0 aliphatic carbocycles. The minimum absolute atomic E-state index is 0.0145. The van der Waals surface area contributed by atoms with E-state index >= 15 is 0 Å². The van der Waals surface area contributed by atoms with E-state index in [1.807, 2.05) is 0 Å². The fraction of sp³-hybridized carbons (Fsp3) is 0.808. The maximum Gasteiger partial charge on any atom is 0.320 e. The van der Waals surface area contributed by atoms with Gasteiger partial charge in [0.2, 0.25) is 5.91 Å². The van der Waals surface area contributed by atoms with E-state index in [0.717, 1.165) is 0 Å². The van der Waals surface area contributed by atoms with E-state index in [0.29, 0.717) is 118 Å². The van der Waals surface area contributed by atoms with E-state index in [4.69, 9.17) is 54.8 Å². The van der Waals surface area contributed by atoms with Crippen LogP contribution in [0.3, 0.4) is 0 Å². The van der Waals surface area contributed by atoms with Gasteiger partial charge in [0, 0.05) is 44.2 Å². The molecule has 0 aromatic rings. The molecule has 0 aromatic heterocycles. The summed E-state index contributed by atoms with van der Waals surface area (Å²) in [5.41, 5.74) is 11.4. The van der Waals surface area contributed by atoms with Gasteiger partial charge in [0.25, 0.3) is 0 Å². The van der Waals surface area contributed by atoms with Crippen molar-refractivity contribution in [3.05, 3.63) is 11.9 Å². The Morgan fingerprint density at radius 2 is 1.05 bits per heavy atom. The van der Waals surface area contributed by atoms with Crippen LogP contribution in [0.1, 0.15) is 25.7 Å². The van der Waals surface area contributed by atoms with Crippen molar-refractivity contribution < 1.29 is 57.8 Å². The molecule has 0 radical (unpaired) electrons. The van der Waals surface area contributed by atoms with Crippen LogP contribution in [0.4, 0.5) is 0 Å². The fourth-order valence-electron chi connectivity index (χ4n) is 2.91. The Hall–Kier alpha value is -2.57. The lowest BCUT2D eigenvalue weighted by atomic mass is 10.2. The highest BCUT2D eigenvalue weighted by atomic mass is 16.6. The van der Waals surface area contributed by atoms with Gasteiger partial charge in [-0.2, -0.15) is 0 Å². The van der Waals surface area contributed by atoms with Gasteiger partial charge in [0.05, 0.1) is 92.5 Å². The lowest BCUT2D eigenvalue weighted by Gasteiger charge is -2.09. The van der Waals surface area contributed by atoms with E-state index in [1.165, 1.54) is 6.20 Å². The van der Waals surface area contributed by atoms with Gasteiger partial charge in [-0.3, -0.25) is 14.4 Å². The summed E-state index contributed by atoms with van der Waals surface area (Å²) < 4.78 is 37.8. The molecule has 1 amide bonds. The summed E-state index contributed by atoms with van der Waals surface area (Å²) in [6.45, 7) is 7.00. The van der Waals surface area contributed by atoms with Crippen LogP contribution in [-0.4, -0.2) is 140 Å². The first kappa shape index (κ1) is 39.4. The van der Waals surface area contributed by atoms with Gasteiger partial charge in [-0.15, -0.1) is 0 Å². The summed E-state index contributed by atoms with van der Waals surface area (Å²) in [6, 6.07) is -1.02. The van der Waals surface area contributed by atoms with Crippen molar-refractivity contribution >= 4 is 17.8 Å². The molecule has 0 saturated carbocycles. The Morgan fingerprint density at radius 1 is 0.643 bits per heavy atom. The zero-order chi connectivity index (χ0) is 31.1. The normalized spacial score (nSPS) is 12.3. The first-order valence-electron chi connectivity index (χ1n) is 14.0. The second kappa shape index (κ2) is 29.9. The van der Waals surface area contributed by atoms with Gasteiger partial charge in [0.15, 0.2) is 0 Å². The van der Waals surface area contributed by atoms with Crippen molar-refractivity contribution in [3.63, 3.8) is 0 Å². The third-order valence-corrected chi connectivity index (χ3v) is 5.05. The lowest BCUT2D eigenvalue weighted by Crippen LogP contribution is -2.32. The SMILES string of the molecule is N/C(=C\NCCOCCOCCOCCOCCOCCOCCOCCNC(=O)CCCC(=O)O)C[C@H](N)C(=O)O. The van der Waals surface area contributed by atoms with Crippen molar-refractivity contribution in [2.24, 2.45) is 11.5 Å². The number of carboxylic acid groups (broad SMARTS) is 2. The molecule has 0 aromatic carbocycles. The molecule has 0 spiro atoms. The number of nitrogens with two attached hydrogens (primary N) is 2. The predicted molar refractivity (Wildman–Crippen MR) is 151 cm³/mol.